The summed E-state index contributed by atoms with van der Waals surface area (Å²) >= 11 is 5.23. The highest BCUT2D eigenvalue weighted by molar-refractivity contribution is 9.10. The molecule has 0 aliphatic carbocycles. The summed E-state index contributed by atoms with van der Waals surface area (Å²) in [7, 11) is 0. The summed E-state index contributed by atoms with van der Waals surface area (Å²) in [6.45, 7) is 5.05. The molecule has 0 aliphatic heterocycles. The Hall–Kier alpha value is -0.150. The molecule has 0 spiro atoms. The standard InChI is InChI=1S/C11H15BrOS/c1-8(2)7-13-11-5-4-9(14-3)6-10(11)12/h4-6,8H,7H2,1-3H3. The molecule has 0 N–H and O–H groups in total. The van der Waals surface area contributed by atoms with Crippen LogP contribution in [0, 0.1) is 5.92 Å². The maximum Gasteiger partial charge on any atom is 0.133 e. The van der Waals surface area contributed by atoms with Gasteiger partial charge < -0.3 is 4.74 Å². The highest BCUT2D eigenvalue weighted by Gasteiger charge is 2.03. The lowest BCUT2D eigenvalue weighted by atomic mass is 10.2. The molecule has 1 aromatic carbocycles. The number of thioether (sulfide) groups is 1. The summed E-state index contributed by atoms with van der Waals surface area (Å²) in [4.78, 5) is 1.24. The third kappa shape index (κ3) is 3.54. The summed E-state index contributed by atoms with van der Waals surface area (Å²) in [5.41, 5.74) is 0. The summed E-state index contributed by atoms with van der Waals surface area (Å²) in [6.07, 6.45) is 2.07. The first-order valence-electron chi connectivity index (χ1n) is 4.60. The van der Waals surface area contributed by atoms with Crippen LogP contribution in [0.5, 0.6) is 5.75 Å². The maximum atomic E-state index is 5.64. The number of benzene rings is 1. The molecule has 0 aromatic heterocycles. The van der Waals surface area contributed by atoms with Gasteiger partial charge in [-0.25, -0.2) is 0 Å². The van der Waals surface area contributed by atoms with E-state index in [9.17, 15) is 0 Å². The Morgan fingerprint density at radius 2 is 2.14 bits per heavy atom. The lowest BCUT2D eigenvalue weighted by molar-refractivity contribution is 0.269. The van der Waals surface area contributed by atoms with E-state index in [0.717, 1.165) is 16.8 Å². The van der Waals surface area contributed by atoms with Gasteiger partial charge in [-0.05, 0) is 46.3 Å². The molecule has 78 valence electrons. The van der Waals surface area contributed by atoms with Crippen LogP contribution in [0.4, 0.5) is 0 Å². The van der Waals surface area contributed by atoms with Gasteiger partial charge in [-0.3, -0.25) is 0 Å². The molecule has 0 aliphatic rings. The van der Waals surface area contributed by atoms with Crippen LogP contribution in [0.1, 0.15) is 13.8 Å². The molecule has 0 saturated carbocycles. The van der Waals surface area contributed by atoms with E-state index in [0.29, 0.717) is 5.92 Å². The fourth-order valence-corrected chi connectivity index (χ4v) is 2.07. The molecule has 0 saturated heterocycles. The van der Waals surface area contributed by atoms with Gasteiger partial charge in [0.2, 0.25) is 0 Å². The predicted molar refractivity (Wildman–Crippen MR) is 66.3 cm³/mol. The third-order valence-electron chi connectivity index (χ3n) is 1.71. The van der Waals surface area contributed by atoms with Crippen LogP contribution in [0.3, 0.4) is 0 Å². The molecule has 0 fully saturated rings. The van der Waals surface area contributed by atoms with E-state index in [4.69, 9.17) is 4.74 Å². The van der Waals surface area contributed by atoms with Crippen molar-refractivity contribution in [3.8, 4) is 5.75 Å². The van der Waals surface area contributed by atoms with E-state index in [1.807, 2.05) is 6.07 Å². The Bertz CT molecular complexity index is 299. The van der Waals surface area contributed by atoms with Crippen molar-refractivity contribution < 1.29 is 4.74 Å². The van der Waals surface area contributed by atoms with E-state index in [1.54, 1.807) is 11.8 Å². The van der Waals surface area contributed by atoms with Crippen molar-refractivity contribution in [2.75, 3.05) is 12.9 Å². The number of hydrogen-bond acceptors (Lipinski definition) is 2. The third-order valence-corrected chi connectivity index (χ3v) is 3.06. The Balaban J connectivity index is 2.69. The minimum atomic E-state index is 0.558. The molecule has 0 unspecified atom stereocenters. The maximum absolute atomic E-state index is 5.64. The number of halogens is 1. The number of rotatable bonds is 4. The van der Waals surface area contributed by atoms with Crippen LogP contribution >= 0.6 is 27.7 Å². The SMILES string of the molecule is CSc1ccc(OCC(C)C)c(Br)c1. The van der Waals surface area contributed by atoms with Gasteiger partial charge in [0.1, 0.15) is 5.75 Å². The Morgan fingerprint density at radius 3 is 2.64 bits per heavy atom. The molecule has 0 heterocycles. The van der Waals surface area contributed by atoms with Gasteiger partial charge in [0.25, 0.3) is 0 Å². The second-order valence-corrected chi connectivity index (χ2v) is 5.24. The summed E-state index contributed by atoms with van der Waals surface area (Å²) < 4.78 is 6.67. The van der Waals surface area contributed by atoms with E-state index in [1.165, 1.54) is 4.90 Å². The zero-order valence-corrected chi connectivity index (χ0v) is 11.1. The van der Waals surface area contributed by atoms with E-state index < -0.39 is 0 Å². The molecule has 14 heavy (non-hydrogen) atoms. The highest BCUT2D eigenvalue weighted by Crippen LogP contribution is 2.29. The van der Waals surface area contributed by atoms with Gasteiger partial charge >= 0.3 is 0 Å². The lowest BCUT2D eigenvalue weighted by Crippen LogP contribution is -2.04. The van der Waals surface area contributed by atoms with Gasteiger partial charge in [-0.15, -0.1) is 11.8 Å². The second-order valence-electron chi connectivity index (χ2n) is 3.50. The van der Waals surface area contributed by atoms with Crippen LogP contribution in [0.2, 0.25) is 0 Å². The van der Waals surface area contributed by atoms with Crippen molar-refractivity contribution in [1.82, 2.24) is 0 Å². The lowest BCUT2D eigenvalue weighted by Gasteiger charge is -2.10. The Kier molecular flexibility index (Phi) is 4.82. The molecule has 1 nitrogen and oxygen atoms in total. The van der Waals surface area contributed by atoms with Crippen molar-refractivity contribution in [3.05, 3.63) is 22.7 Å². The minimum Gasteiger partial charge on any atom is -0.492 e. The van der Waals surface area contributed by atoms with Crippen LogP contribution in [0.25, 0.3) is 0 Å². The molecule has 0 atom stereocenters. The summed E-state index contributed by atoms with van der Waals surface area (Å²) in [5, 5.41) is 0. The van der Waals surface area contributed by atoms with Crippen LogP contribution < -0.4 is 4.74 Å². The first-order chi connectivity index (χ1) is 6.63. The topological polar surface area (TPSA) is 9.23 Å². The highest BCUT2D eigenvalue weighted by atomic mass is 79.9. The fraction of sp³-hybridized carbons (Fsp3) is 0.455. The largest absolute Gasteiger partial charge is 0.492 e. The first kappa shape index (κ1) is 11.9. The van der Waals surface area contributed by atoms with E-state index >= 15 is 0 Å². The van der Waals surface area contributed by atoms with Gasteiger partial charge in [-0.2, -0.15) is 0 Å². The molecular weight excluding hydrogens is 260 g/mol. The van der Waals surface area contributed by atoms with Crippen molar-refractivity contribution in [2.24, 2.45) is 5.92 Å². The number of ether oxygens (including phenoxy) is 1. The van der Waals surface area contributed by atoms with Crippen LogP contribution in [-0.4, -0.2) is 12.9 Å². The van der Waals surface area contributed by atoms with E-state index in [-0.39, 0.29) is 0 Å². The molecule has 1 rings (SSSR count). The summed E-state index contributed by atoms with van der Waals surface area (Å²) in [5.74, 6) is 1.48. The Labute approximate surface area is 98.4 Å². The van der Waals surface area contributed by atoms with Crippen LogP contribution in [0.15, 0.2) is 27.6 Å². The van der Waals surface area contributed by atoms with Gasteiger partial charge in [0.05, 0.1) is 11.1 Å². The summed E-state index contributed by atoms with van der Waals surface area (Å²) in [6, 6.07) is 6.17. The van der Waals surface area contributed by atoms with Crippen molar-refractivity contribution in [3.63, 3.8) is 0 Å². The predicted octanol–water partition coefficient (Wildman–Crippen LogP) is 4.21. The molecule has 0 bridgehead atoms. The second kappa shape index (κ2) is 5.66. The fourth-order valence-electron chi connectivity index (χ4n) is 0.982. The quantitative estimate of drug-likeness (QED) is 0.761. The molecule has 0 radical (unpaired) electrons. The van der Waals surface area contributed by atoms with Crippen molar-refractivity contribution in [2.45, 2.75) is 18.7 Å². The average Bonchev–Trinajstić information content (AvgIpc) is 2.15. The van der Waals surface area contributed by atoms with Gasteiger partial charge in [0, 0.05) is 4.90 Å². The molecular formula is C11H15BrOS. The average molecular weight is 275 g/mol. The van der Waals surface area contributed by atoms with Gasteiger partial charge in [0.15, 0.2) is 0 Å². The molecule has 3 heteroatoms. The monoisotopic (exact) mass is 274 g/mol. The van der Waals surface area contributed by atoms with Gasteiger partial charge in [-0.1, -0.05) is 13.8 Å². The number of hydrogen-bond donors (Lipinski definition) is 0. The molecule has 0 amide bonds. The minimum absolute atomic E-state index is 0.558. The van der Waals surface area contributed by atoms with Crippen molar-refractivity contribution >= 4 is 27.7 Å². The first-order valence-corrected chi connectivity index (χ1v) is 6.61. The van der Waals surface area contributed by atoms with Crippen LogP contribution in [-0.2, 0) is 0 Å². The van der Waals surface area contributed by atoms with E-state index in [2.05, 4.69) is 48.2 Å². The normalized spacial score (nSPS) is 10.6. The smallest absolute Gasteiger partial charge is 0.133 e. The Morgan fingerprint density at radius 1 is 1.43 bits per heavy atom. The molecule has 1 aromatic rings. The van der Waals surface area contributed by atoms with Crippen molar-refractivity contribution in [1.29, 1.82) is 0 Å². The zero-order valence-electron chi connectivity index (χ0n) is 8.71. The zero-order chi connectivity index (χ0) is 10.6.